The van der Waals surface area contributed by atoms with Crippen LogP contribution in [0.1, 0.15) is 27.2 Å². The molecule has 18 heavy (non-hydrogen) atoms. The van der Waals surface area contributed by atoms with E-state index in [1.165, 1.54) is 0 Å². The van der Waals surface area contributed by atoms with Crippen LogP contribution in [0.3, 0.4) is 0 Å². The normalized spacial score (nSPS) is 11.7. The monoisotopic (exact) mass is 273 g/mol. The second kappa shape index (κ2) is 8.45. The maximum absolute atomic E-state index is 11.3. The van der Waals surface area contributed by atoms with Crippen LogP contribution in [0, 0.1) is 5.92 Å². The molecule has 0 rings (SSSR count). The third kappa shape index (κ3) is 6.33. The van der Waals surface area contributed by atoms with Gasteiger partial charge in [-0.1, -0.05) is 20.4 Å². The minimum atomic E-state index is -2.08. The topological polar surface area (TPSA) is 47.6 Å². The standard InChI is InChI=1S/C13H27NO3Si/c1-11(2)10-18(16-5,17-6)9-7-8-14-13(15)12(3)4/h11H,3,7-10H2,1-2,4-6H3,(H,14,15). The molecule has 0 saturated carbocycles. The van der Waals surface area contributed by atoms with Gasteiger partial charge >= 0.3 is 8.56 Å². The fraction of sp³-hybridized carbons (Fsp3) is 0.769. The average molecular weight is 273 g/mol. The molecular formula is C13H27NO3Si. The Morgan fingerprint density at radius 3 is 2.28 bits per heavy atom. The first-order chi connectivity index (χ1) is 8.37. The van der Waals surface area contributed by atoms with E-state index in [1.807, 2.05) is 0 Å². The number of hydrogen-bond acceptors (Lipinski definition) is 3. The highest BCUT2D eigenvalue weighted by Crippen LogP contribution is 2.23. The summed E-state index contributed by atoms with van der Waals surface area (Å²) >= 11 is 0. The largest absolute Gasteiger partial charge is 0.398 e. The molecule has 0 aromatic carbocycles. The molecule has 4 nitrogen and oxygen atoms in total. The summed E-state index contributed by atoms with van der Waals surface area (Å²) in [4.78, 5) is 11.3. The fourth-order valence-corrected chi connectivity index (χ4v) is 4.96. The molecule has 0 aromatic rings. The highest BCUT2D eigenvalue weighted by Gasteiger charge is 2.35. The Bertz CT molecular complexity index is 275. The van der Waals surface area contributed by atoms with E-state index >= 15 is 0 Å². The van der Waals surface area contributed by atoms with E-state index in [2.05, 4.69) is 25.7 Å². The van der Waals surface area contributed by atoms with Gasteiger partial charge < -0.3 is 14.2 Å². The third-order valence-corrected chi connectivity index (χ3v) is 6.91. The highest BCUT2D eigenvalue weighted by atomic mass is 28.4. The van der Waals surface area contributed by atoms with Crippen molar-refractivity contribution in [1.82, 2.24) is 5.32 Å². The van der Waals surface area contributed by atoms with Gasteiger partial charge in [0.25, 0.3) is 0 Å². The van der Waals surface area contributed by atoms with Gasteiger partial charge in [-0.2, -0.15) is 0 Å². The summed E-state index contributed by atoms with van der Waals surface area (Å²) in [6.07, 6.45) is 0.875. The molecule has 0 atom stereocenters. The summed E-state index contributed by atoms with van der Waals surface area (Å²) < 4.78 is 11.3. The molecule has 1 amide bonds. The number of carbonyl (C=O) groups is 1. The molecule has 0 fully saturated rings. The van der Waals surface area contributed by atoms with Crippen LogP contribution in [0.2, 0.25) is 12.1 Å². The van der Waals surface area contributed by atoms with Crippen molar-refractivity contribution >= 4 is 14.5 Å². The first-order valence-electron chi connectivity index (χ1n) is 6.41. The lowest BCUT2D eigenvalue weighted by atomic mass is 10.3. The molecule has 106 valence electrons. The van der Waals surface area contributed by atoms with Gasteiger partial charge in [-0.15, -0.1) is 0 Å². The quantitative estimate of drug-likeness (QED) is 0.399. The zero-order chi connectivity index (χ0) is 14.2. The summed E-state index contributed by atoms with van der Waals surface area (Å²) in [6, 6.07) is 1.88. The van der Waals surface area contributed by atoms with Gasteiger partial charge in [0.05, 0.1) is 0 Å². The van der Waals surface area contributed by atoms with E-state index in [1.54, 1.807) is 21.1 Å². The van der Waals surface area contributed by atoms with Crippen molar-refractivity contribution in [3.05, 3.63) is 12.2 Å². The van der Waals surface area contributed by atoms with Crippen molar-refractivity contribution in [3.8, 4) is 0 Å². The highest BCUT2D eigenvalue weighted by molar-refractivity contribution is 6.67. The van der Waals surface area contributed by atoms with E-state index in [9.17, 15) is 4.79 Å². The second-order valence-electron chi connectivity index (χ2n) is 5.06. The number of rotatable bonds is 9. The zero-order valence-corrected chi connectivity index (χ0v) is 13.3. The van der Waals surface area contributed by atoms with E-state index in [-0.39, 0.29) is 5.91 Å². The minimum absolute atomic E-state index is 0.0824. The molecule has 0 aliphatic heterocycles. The molecule has 1 N–H and O–H groups in total. The number of nitrogens with one attached hydrogen (secondary N) is 1. The Hall–Kier alpha value is -0.653. The van der Waals surface area contributed by atoms with Crippen molar-refractivity contribution in [1.29, 1.82) is 0 Å². The number of hydrogen-bond donors (Lipinski definition) is 1. The van der Waals surface area contributed by atoms with E-state index in [0.717, 1.165) is 18.5 Å². The van der Waals surface area contributed by atoms with Gasteiger partial charge in [0, 0.05) is 26.3 Å². The summed E-state index contributed by atoms with van der Waals surface area (Å²) in [5.74, 6) is 0.475. The number of amides is 1. The summed E-state index contributed by atoms with van der Waals surface area (Å²) in [7, 11) is 1.37. The van der Waals surface area contributed by atoms with Crippen LogP contribution >= 0.6 is 0 Å². The third-order valence-electron chi connectivity index (χ3n) is 2.87. The van der Waals surface area contributed by atoms with Crippen molar-refractivity contribution in [3.63, 3.8) is 0 Å². The summed E-state index contributed by atoms with van der Waals surface area (Å²) in [5, 5.41) is 2.83. The van der Waals surface area contributed by atoms with Crippen LogP contribution < -0.4 is 5.32 Å². The van der Waals surface area contributed by atoms with Crippen molar-refractivity contribution < 1.29 is 13.6 Å². The molecule has 0 aliphatic carbocycles. The molecule has 0 aromatic heterocycles. The van der Waals surface area contributed by atoms with Gasteiger partial charge in [-0.05, 0) is 31.4 Å². The van der Waals surface area contributed by atoms with E-state index in [0.29, 0.717) is 18.0 Å². The lowest BCUT2D eigenvalue weighted by molar-refractivity contribution is -0.117. The van der Waals surface area contributed by atoms with Crippen molar-refractivity contribution in [2.75, 3.05) is 20.8 Å². The predicted octanol–water partition coefficient (Wildman–Crippen LogP) is 2.46. The molecule has 0 bridgehead atoms. The van der Waals surface area contributed by atoms with E-state index in [4.69, 9.17) is 8.85 Å². The van der Waals surface area contributed by atoms with Gasteiger partial charge in [0.2, 0.25) is 5.91 Å². The van der Waals surface area contributed by atoms with Crippen LogP contribution in [0.15, 0.2) is 12.2 Å². The van der Waals surface area contributed by atoms with Gasteiger partial charge in [0.1, 0.15) is 0 Å². The molecule has 5 heteroatoms. The Kier molecular flexibility index (Phi) is 8.14. The van der Waals surface area contributed by atoms with Crippen LogP contribution in [0.5, 0.6) is 0 Å². The van der Waals surface area contributed by atoms with E-state index < -0.39 is 8.56 Å². The van der Waals surface area contributed by atoms with Crippen LogP contribution in [0.4, 0.5) is 0 Å². The maximum Gasteiger partial charge on any atom is 0.337 e. The maximum atomic E-state index is 11.3. The Balaban J connectivity index is 4.12. The Labute approximate surface area is 112 Å². The van der Waals surface area contributed by atoms with Crippen LogP contribution in [-0.4, -0.2) is 35.2 Å². The molecular weight excluding hydrogens is 246 g/mol. The molecule has 0 saturated heterocycles. The minimum Gasteiger partial charge on any atom is -0.398 e. The molecule has 0 radical (unpaired) electrons. The summed E-state index contributed by atoms with van der Waals surface area (Å²) in [6.45, 7) is 10.3. The van der Waals surface area contributed by atoms with Gasteiger partial charge in [0.15, 0.2) is 0 Å². The Morgan fingerprint density at radius 1 is 1.33 bits per heavy atom. The summed E-state index contributed by atoms with van der Waals surface area (Å²) in [5.41, 5.74) is 0.541. The Morgan fingerprint density at radius 2 is 1.89 bits per heavy atom. The molecule has 0 spiro atoms. The zero-order valence-electron chi connectivity index (χ0n) is 12.3. The first-order valence-corrected chi connectivity index (χ1v) is 8.64. The molecule has 0 aliphatic rings. The lowest BCUT2D eigenvalue weighted by Crippen LogP contribution is -2.42. The van der Waals surface area contributed by atoms with Crippen molar-refractivity contribution in [2.24, 2.45) is 5.92 Å². The predicted molar refractivity (Wildman–Crippen MR) is 76.7 cm³/mol. The SMILES string of the molecule is C=C(C)C(=O)NCCC[Si](CC(C)C)(OC)OC. The smallest absolute Gasteiger partial charge is 0.337 e. The van der Waals surface area contributed by atoms with Crippen molar-refractivity contribution in [2.45, 2.75) is 39.3 Å². The van der Waals surface area contributed by atoms with Gasteiger partial charge in [-0.3, -0.25) is 4.79 Å². The van der Waals surface area contributed by atoms with Gasteiger partial charge in [-0.25, -0.2) is 0 Å². The first kappa shape index (κ1) is 17.3. The molecule has 0 heterocycles. The average Bonchev–Trinajstić information content (AvgIpc) is 2.32. The number of carbonyl (C=O) groups excluding carboxylic acids is 1. The lowest BCUT2D eigenvalue weighted by Gasteiger charge is -2.29. The second-order valence-corrected chi connectivity index (χ2v) is 8.60. The fourth-order valence-electron chi connectivity index (χ4n) is 1.89. The van der Waals surface area contributed by atoms with Crippen LogP contribution in [0.25, 0.3) is 0 Å². The van der Waals surface area contributed by atoms with Crippen LogP contribution in [-0.2, 0) is 13.6 Å². The molecule has 0 unspecified atom stereocenters.